The van der Waals surface area contributed by atoms with E-state index in [1.54, 1.807) is 16.7 Å². The van der Waals surface area contributed by atoms with E-state index in [2.05, 4.69) is 10.3 Å². The minimum atomic E-state index is -0.149. The van der Waals surface area contributed by atoms with Gasteiger partial charge in [-0.15, -0.1) is 11.3 Å². The number of thiophene rings is 1. The van der Waals surface area contributed by atoms with Crippen molar-refractivity contribution in [2.45, 2.75) is 38.4 Å². The van der Waals surface area contributed by atoms with Gasteiger partial charge in [-0.2, -0.15) is 0 Å². The molecule has 0 fully saturated rings. The smallest absolute Gasteiger partial charge is 0.272 e. The number of benzene rings is 1. The predicted octanol–water partition coefficient (Wildman–Crippen LogP) is 4.56. The van der Waals surface area contributed by atoms with Gasteiger partial charge in [-0.05, 0) is 56.0 Å². The number of ether oxygens (including phenoxy) is 1. The van der Waals surface area contributed by atoms with Crippen LogP contribution in [0.1, 0.15) is 33.2 Å². The Morgan fingerprint density at radius 1 is 1.29 bits per heavy atom. The second kappa shape index (κ2) is 9.25. The highest BCUT2D eigenvalue weighted by molar-refractivity contribution is 7.99. The van der Waals surface area contributed by atoms with Crippen LogP contribution in [0.15, 0.2) is 45.7 Å². The molecule has 0 saturated heterocycles. The van der Waals surface area contributed by atoms with Crippen molar-refractivity contribution in [2.24, 2.45) is 0 Å². The van der Waals surface area contributed by atoms with Gasteiger partial charge in [-0.1, -0.05) is 18.7 Å². The number of thioether (sulfide) groups is 1. The van der Waals surface area contributed by atoms with E-state index in [9.17, 15) is 9.59 Å². The van der Waals surface area contributed by atoms with Gasteiger partial charge in [0, 0.05) is 11.7 Å². The van der Waals surface area contributed by atoms with Crippen molar-refractivity contribution in [3.05, 3.63) is 46.1 Å². The Morgan fingerprint density at radius 2 is 2.04 bits per heavy atom. The summed E-state index contributed by atoms with van der Waals surface area (Å²) < 4.78 is 7.76. The Balaban J connectivity index is 1.73. The Labute approximate surface area is 171 Å². The van der Waals surface area contributed by atoms with Crippen molar-refractivity contribution in [3.8, 4) is 5.75 Å². The summed E-state index contributed by atoms with van der Waals surface area (Å²) in [6, 6.07) is 9.10. The zero-order valence-electron chi connectivity index (χ0n) is 16.1. The van der Waals surface area contributed by atoms with E-state index in [0.717, 1.165) is 12.2 Å². The molecule has 1 amide bonds. The number of anilines is 1. The topological polar surface area (TPSA) is 73.2 Å². The van der Waals surface area contributed by atoms with Crippen molar-refractivity contribution in [1.82, 2.24) is 9.55 Å². The SMILES string of the molecule is CCOc1ccc(NC(=O)CSc2nc3ccsc3c(=O)n2[C@@H](C)CC)cc1. The Morgan fingerprint density at radius 3 is 2.71 bits per heavy atom. The molecular formula is C20H23N3O3S2. The first-order chi connectivity index (χ1) is 13.5. The summed E-state index contributed by atoms with van der Waals surface area (Å²) in [4.78, 5) is 29.8. The zero-order chi connectivity index (χ0) is 20.1. The summed E-state index contributed by atoms with van der Waals surface area (Å²) in [5, 5.41) is 5.31. The molecule has 3 rings (SSSR count). The highest BCUT2D eigenvalue weighted by Crippen LogP contribution is 2.25. The molecule has 0 bridgehead atoms. The van der Waals surface area contributed by atoms with E-state index < -0.39 is 0 Å². The molecule has 0 aliphatic rings. The Bertz CT molecular complexity index is 1010. The second-order valence-electron chi connectivity index (χ2n) is 6.26. The van der Waals surface area contributed by atoms with E-state index in [1.165, 1.54) is 23.1 Å². The molecule has 0 aliphatic heterocycles. The Hall–Kier alpha value is -2.32. The first kappa shape index (κ1) is 20.4. The fourth-order valence-electron chi connectivity index (χ4n) is 2.71. The van der Waals surface area contributed by atoms with Crippen molar-refractivity contribution in [2.75, 3.05) is 17.7 Å². The first-order valence-corrected chi connectivity index (χ1v) is 11.0. The molecule has 1 N–H and O–H groups in total. The van der Waals surface area contributed by atoms with Crippen molar-refractivity contribution in [3.63, 3.8) is 0 Å². The molecular weight excluding hydrogens is 394 g/mol. The molecule has 1 aromatic carbocycles. The molecule has 3 aromatic rings. The van der Waals surface area contributed by atoms with Crippen LogP contribution in [0.25, 0.3) is 10.2 Å². The largest absolute Gasteiger partial charge is 0.494 e. The minimum absolute atomic E-state index is 0.0168. The van der Waals surface area contributed by atoms with Gasteiger partial charge in [0.15, 0.2) is 5.16 Å². The molecule has 148 valence electrons. The lowest BCUT2D eigenvalue weighted by Crippen LogP contribution is -2.26. The normalized spacial score (nSPS) is 12.1. The van der Waals surface area contributed by atoms with Gasteiger partial charge in [0.1, 0.15) is 10.4 Å². The highest BCUT2D eigenvalue weighted by Gasteiger charge is 2.17. The summed E-state index contributed by atoms with van der Waals surface area (Å²) in [6.07, 6.45) is 0.810. The van der Waals surface area contributed by atoms with E-state index in [4.69, 9.17) is 4.74 Å². The van der Waals surface area contributed by atoms with Gasteiger partial charge in [0.25, 0.3) is 5.56 Å². The van der Waals surface area contributed by atoms with Crippen LogP contribution in [-0.4, -0.2) is 27.8 Å². The average Bonchev–Trinajstić information content (AvgIpc) is 3.16. The maximum atomic E-state index is 12.8. The lowest BCUT2D eigenvalue weighted by atomic mass is 10.2. The monoisotopic (exact) mass is 417 g/mol. The number of fused-ring (bicyclic) bond motifs is 1. The molecule has 8 heteroatoms. The molecule has 1 atom stereocenters. The van der Waals surface area contributed by atoms with Gasteiger partial charge in [0.05, 0.1) is 17.9 Å². The minimum Gasteiger partial charge on any atom is -0.494 e. The van der Waals surface area contributed by atoms with Gasteiger partial charge < -0.3 is 10.1 Å². The van der Waals surface area contributed by atoms with Gasteiger partial charge in [-0.3, -0.25) is 14.2 Å². The maximum absolute atomic E-state index is 12.8. The van der Waals surface area contributed by atoms with E-state index in [0.29, 0.717) is 27.7 Å². The predicted molar refractivity (Wildman–Crippen MR) is 116 cm³/mol. The van der Waals surface area contributed by atoms with Gasteiger partial charge >= 0.3 is 0 Å². The maximum Gasteiger partial charge on any atom is 0.272 e. The van der Waals surface area contributed by atoms with Crippen molar-refractivity contribution >= 4 is 44.9 Å². The highest BCUT2D eigenvalue weighted by atomic mass is 32.2. The number of carbonyl (C=O) groups excluding carboxylic acids is 1. The third-order valence-electron chi connectivity index (χ3n) is 4.29. The molecule has 0 radical (unpaired) electrons. The summed E-state index contributed by atoms with van der Waals surface area (Å²) in [5.74, 6) is 0.788. The van der Waals surface area contributed by atoms with Crippen LogP contribution in [0.5, 0.6) is 5.75 Å². The summed E-state index contributed by atoms with van der Waals surface area (Å²) in [6.45, 7) is 6.55. The fraction of sp³-hybridized carbons (Fsp3) is 0.350. The number of carbonyl (C=O) groups is 1. The van der Waals surface area contributed by atoms with E-state index in [1.807, 2.05) is 44.4 Å². The molecule has 28 heavy (non-hydrogen) atoms. The average molecular weight is 418 g/mol. The number of hydrogen-bond donors (Lipinski definition) is 1. The van der Waals surface area contributed by atoms with Gasteiger partial charge in [0.2, 0.25) is 5.91 Å². The quantitative estimate of drug-likeness (QED) is 0.430. The molecule has 0 aliphatic carbocycles. The van der Waals surface area contributed by atoms with Crippen LogP contribution in [-0.2, 0) is 4.79 Å². The summed E-state index contributed by atoms with van der Waals surface area (Å²) in [5.41, 5.74) is 1.35. The van der Waals surface area contributed by atoms with Gasteiger partial charge in [-0.25, -0.2) is 4.98 Å². The lowest BCUT2D eigenvalue weighted by Gasteiger charge is -2.17. The summed E-state index contributed by atoms with van der Waals surface area (Å²) >= 11 is 2.68. The van der Waals surface area contributed by atoms with Crippen LogP contribution in [0.2, 0.25) is 0 Å². The summed E-state index contributed by atoms with van der Waals surface area (Å²) in [7, 11) is 0. The number of hydrogen-bond acceptors (Lipinski definition) is 6. The number of amides is 1. The molecule has 0 saturated carbocycles. The number of nitrogens with one attached hydrogen (secondary N) is 1. The fourth-order valence-corrected chi connectivity index (χ4v) is 4.37. The molecule has 6 nitrogen and oxygen atoms in total. The molecule has 2 heterocycles. The standard InChI is InChI=1S/C20H23N3O3S2/c1-4-13(3)23-19(25)18-16(10-11-27-18)22-20(23)28-12-17(24)21-14-6-8-15(9-7-14)26-5-2/h6-11,13H,4-5,12H2,1-3H3,(H,21,24)/t13-/m0/s1. The van der Waals surface area contributed by atoms with E-state index in [-0.39, 0.29) is 23.3 Å². The van der Waals surface area contributed by atoms with Crippen molar-refractivity contribution in [1.29, 1.82) is 0 Å². The molecule has 0 unspecified atom stereocenters. The molecule has 0 spiro atoms. The Kier molecular flexibility index (Phi) is 6.74. The van der Waals surface area contributed by atoms with Crippen LogP contribution in [0.3, 0.4) is 0 Å². The lowest BCUT2D eigenvalue weighted by molar-refractivity contribution is -0.113. The number of nitrogens with zero attached hydrogens (tertiary/aromatic N) is 2. The van der Waals surface area contributed by atoms with Crippen LogP contribution in [0, 0.1) is 0 Å². The van der Waals surface area contributed by atoms with Crippen LogP contribution < -0.4 is 15.6 Å². The zero-order valence-corrected chi connectivity index (χ0v) is 17.7. The van der Waals surface area contributed by atoms with Crippen LogP contribution in [0.4, 0.5) is 5.69 Å². The first-order valence-electron chi connectivity index (χ1n) is 9.18. The third-order valence-corrected chi connectivity index (χ3v) is 6.14. The second-order valence-corrected chi connectivity index (χ2v) is 8.11. The number of aromatic nitrogens is 2. The number of rotatable bonds is 8. The van der Waals surface area contributed by atoms with E-state index >= 15 is 0 Å². The van der Waals surface area contributed by atoms with Crippen molar-refractivity contribution < 1.29 is 9.53 Å². The third kappa shape index (κ3) is 4.56. The molecule has 2 aromatic heterocycles. The van der Waals surface area contributed by atoms with Crippen LogP contribution >= 0.6 is 23.1 Å².